The predicted molar refractivity (Wildman–Crippen MR) is 90.8 cm³/mol. The van der Waals surface area contributed by atoms with Gasteiger partial charge in [0.1, 0.15) is 5.75 Å². The van der Waals surface area contributed by atoms with Crippen LogP contribution in [0.5, 0.6) is 11.5 Å². The van der Waals surface area contributed by atoms with Crippen LogP contribution in [0.4, 0.5) is 5.69 Å². The van der Waals surface area contributed by atoms with Gasteiger partial charge in [0.15, 0.2) is 5.75 Å². The number of hydrogen-bond donors (Lipinski definition) is 4. The standard InChI is InChI=1S/C18H13N3O3.ClH/c22-11-3-1-9(2-4-11)12-8-20-16-14(12)17-13-10(5-6-21(17)24)7-19-15(13)18(16)23;/h1-4,7-8H,5-6H2,(H3-,19,20,22,23,24);1H. The summed E-state index contributed by atoms with van der Waals surface area (Å²) < 4.78 is 1.00. The summed E-state index contributed by atoms with van der Waals surface area (Å²) in [4.78, 5) is 18.8. The number of nitrogens with zero attached hydrogens (tertiary/aromatic N) is 1. The van der Waals surface area contributed by atoms with Gasteiger partial charge in [0, 0.05) is 34.0 Å². The molecule has 1 aliphatic heterocycles. The maximum absolute atomic E-state index is 12.6. The number of aromatic hydroxyl groups is 2. The minimum Gasteiger partial charge on any atom is -1.00 e. The second-order valence-electron chi connectivity index (χ2n) is 6.11. The van der Waals surface area contributed by atoms with Gasteiger partial charge in [-0.2, -0.15) is 0 Å². The molecule has 0 spiro atoms. The molecule has 0 saturated carbocycles. The fraction of sp³-hybridized carbons (Fsp3) is 0.111. The molecule has 126 valence electrons. The molecular weight excluding hydrogens is 342 g/mol. The smallest absolute Gasteiger partial charge is 0.275 e. The van der Waals surface area contributed by atoms with E-state index >= 15 is 0 Å². The summed E-state index contributed by atoms with van der Waals surface area (Å²) in [6.07, 6.45) is 4.30. The van der Waals surface area contributed by atoms with E-state index in [1.807, 2.05) is 6.20 Å². The normalized spacial score (nSPS) is 13.4. The van der Waals surface area contributed by atoms with Crippen molar-refractivity contribution >= 4 is 27.5 Å². The van der Waals surface area contributed by atoms with E-state index in [1.165, 1.54) is 0 Å². The van der Waals surface area contributed by atoms with Gasteiger partial charge in [-0.1, -0.05) is 12.1 Å². The van der Waals surface area contributed by atoms with Crippen LogP contribution in [0, 0.1) is 4.91 Å². The largest absolute Gasteiger partial charge is 1.00 e. The maximum Gasteiger partial charge on any atom is 0.275 e. The van der Waals surface area contributed by atoms with Crippen LogP contribution < -0.4 is 12.4 Å². The Morgan fingerprint density at radius 3 is 2.40 bits per heavy atom. The minimum atomic E-state index is 0. The molecule has 0 radical (unpaired) electrons. The zero-order valence-electron chi connectivity index (χ0n) is 13.0. The van der Waals surface area contributed by atoms with Gasteiger partial charge < -0.3 is 32.6 Å². The third-order valence-corrected chi connectivity index (χ3v) is 4.80. The van der Waals surface area contributed by atoms with E-state index in [-0.39, 0.29) is 23.9 Å². The molecule has 0 bridgehead atoms. The third kappa shape index (κ3) is 1.97. The van der Waals surface area contributed by atoms with Crippen molar-refractivity contribution in [2.75, 3.05) is 6.54 Å². The monoisotopic (exact) mass is 355 g/mol. The van der Waals surface area contributed by atoms with Gasteiger partial charge in [0.25, 0.3) is 5.69 Å². The second kappa shape index (κ2) is 5.26. The number of rotatable bonds is 1. The molecular formula is C18H14ClN3O3. The maximum atomic E-state index is 12.6. The number of phenols is 2. The molecule has 0 fully saturated rings. The number of aromatic nitrogens is 2. The summed E-state index contributed by atoms with van der Waals surface area (Å²) >= 11 is 0. The van der Waals surface area contributed by atoms with Gasteiger partial charge >= 0.3 is 0 Å². The van der Waals surface area contributed by atoms with Crippen molar-refractivity contribution in [1.29, 1.82) is 0 Å². The third-order valence-electron chi connectivity index (χ3n) is 4.80. The van der Waals surface area contributed by atoms with Gasteiger partial charge in [-0.15, -0.1) is 0 Å². The Morgan fingerprint density at radius 2 is 1.64 bits per heavy atom. The lowest BCUT2D eigenvalue weighted by Crippen LogP contribution is -3.00. The van der Waals surface area contributed by atoms with Crippen molar-refractivity contribution in [1.82, 2.24) is 9.97 Å². The van der Waals surface area contributed by atoms with Crippen LogP contribution in [-0.4, -0.2) is 31.5 Å². The molecule has 25 heavy (non-hydrogen) atoms. The molecule has 2 aromatic heterocycles. The predicted octanol–water partition coefficient (Wildman–Crippen LogP) is 0.698. The number of halogens is 1. The summed E-state index contributed by atoms with van der Waals surface area (Å²) in [6, 6.07) is 6.80. The van der Waals surface area contributed by atoms with E-state index in [0.717, 1.165) is 26.8 Å². The quantitative estimate of drug-likeness (QED) is 0.379. The summed E-state index contributed by atoms with van der Waals surface area (Å²) in [5.41, 5.74) is 4.45. The molecule has 1 aliphatic rings. The van der Waals surface area contributed by atoms with Crippen LogP contribution in [0.2, 0.25) is 0 Å². The van der Waals surface area contributed by atoms with Gasteiger partial charge in [-0.05, 0) is 23.3 Å². The van der Waals surface area contributed by atoms with Crippen LogP contribution in [0.3, 0.4) is 0 Å². The number of hydrogen-bond acceptors (Lipinski definition) is 3. The first kappa shape index (κ1) is 15.5. The molecule has 5 rings (SSSR count). The molecule has 6 nitrogen and oxygen atoms in total. The Balaban J connectivity index is 0.00000157. The average Bonchev–Trinajstić information content (AvgIpc) is 3.20. The number of aromatic amines is 2. The zero-order valence-corrected chi connectivity index (χ0v) is 13.8. The number of benzene rings is 2. The Hall–Kier alpha value is -2.99. The van der Waals surface area contributed by atoms with Crippen LogP contribution in [-0.2, 0) is 6.42 Å². The first-order valence-electron chi connectivity index (χ1n) is 7.75. The van der Waals surface area contributed by atoms with Crippen LogP contribution in [0.1, 0.15) is 5.56 Å². The van der Waals surface area contributed by atoms with E-state index in [4.69, 9.17) is 0 Å². The topological polar surface area (TPSA) is 92.1 Å². The number of nitrogens with one attached hydrogen (secondary N) is 2. The molecule has 7 heteroatoms. The van der Waals surface area contributed by atoms with E-state index in [1.54, 1.807) is 30.5 Å². The fourth-order valence-electron chi connectivity index (χ4n) is 3.68. The zero-order chi connectivity index (χ0) is 16.4. The number of fused-ring (bicyclic) bond motifs is 2. The highest BCUT2D eigenvalue weighted by molar-refractivity contribution is 6.17. The average molecular weight is 356 g/mol. The number of phenolic OH excluding ortho intramolecular Hbond substituents is 2. The van der Waals surface area contributed by atoms with Crippen molar-refractivity contribution in [2.24, 2.45) is 0 Å². The van der Waals surface area contributed by atoms with Crippen molar-refractivity contribution < 1.29 is 27.4 Å². The fourth-order valence-corrected chi connectivity index (χ4v) is 3.68. The molecule has 0 aliphatic carbocycles. The van der Waals surface area contributed by atoms with Gasteiger partial charge in [0.2, 0.25) is 6.54 Å². The summed E-state index contributed by atoms with van der Waals surface area (Å²) in [5.74, 6) is 0.305. The second-order valence-corrected chi connectivity index (χ2v) is 6.11. The number of nitroso groups, excluding NO2 is 1. The molecule has 0 unspecified atom stereocenters. The molecule has 4 aromatic rings. The molecule has 0 amide bonds. The SMILES string of the molecule is O=[N+]1CCc2c[nH]c3c(O)c4[nH]cc(-c5ccc(O)cc5)c4c1c23.[Cl-]. The van der Waals surface area contributed by atoms with Crippen molar-refractivity contribution in [3.8, 4) is 22.6 Å². The Labute approximate surface area is 148 Å². The first-order chi connectivity index (χ1) is 11.6. The summed E-state index contributed by atoms with van der Waals surface area (Å²) in [7, 11) is 0. The summed E-state index contributed by atoms with van der Waals surface area (Å²) in [6.45, 7) is 0.389. The van der Waals surface area contributed by atoms with Crippen LogP contribution >= 0.6 is 0 Å². The van der Waals surface area contributed by atoms with Crippen molar-refractivity contribution in [3.63, 3.8) is 0 Å². The lowest BCUT2D eigenvalue weighted by molar-refractivity contribution is -0.461. The molecule has 4 N–H and O–H groups in total. The van der Waals surface area contributed by atoms with Crippen molar-refractivity contribution in [3.05, 3.63) is 47.1 Å². The van der Waals surface area contributed by atoms with E-state index in [2.05, 4.69) is 9.97 Å². The molecule has 2 aromatic carbocycles. The molecule has 3 heterocycles. The Morgan fingerprint density at radius 1 is 0.960 bits per heavy atom. The first-order valence-corrected chi connectivity index (χ1v) is 7.75. The summed E-state index contributed by atoms with van der Waals surface area (Å²) in [5, 5.41) is 21.6. The van der Waals surface area contributed by atoms with Crippen LogP contribution in [0.15, 0.2) is 36.7 Å². The van der Waals surface area contributed by atoms with Crippen LogP contribution in [0.25, 0.3) is 32.9 Å². The van der Waals surface area contributed by atoms with E-state index in [0.29, 0.717) is 35.1 Å². The highest BCUT2D eigenvalue weighted by Gasteiger charge is 2.34. The highest BCUT2D eigenvalue weighted by atomic mass is 35.5. The Kier molecular flexibility index (Phi) is 3.27. The van der Waals surface area contributed by atoms with Gasteiger partial charge in [0.05, 0.1) is 21.8 Å². The molecule has 0 saturated heterocycles. The Bertz CT molecular complexity index is 1140. The van der Waals surface area contributed by atoms with Crippen molar-refractivity contribution in [2.45, 2.75) is 6.42 Å². The highest BCUT2D eigenvalue weighted by Crippen LogP contribution is 2.47. The van der Waals surface area contributed by atoms with Gasteiger partial charge in [-0.3, -0.25) is 0 Å². The number of H-pyrrole nitrogens is 2. The minimum absolute atomic E-state index is 0. The lowest BCUT2D eigenvalue weighted by atomic mass is 9.97. The molecule has 0 atom stereocenters. The van der Waals surface area contributed by atoms with E-state index < -0.39 is 0 Å². The van der Waals surface area contributed by atoms with E-state index in [9.17, 15) is 15.1 Å². The van der Waals surface area contributed by atoms with Gasteiger partial charge in [-0.25, -0.2) is 0 Å². The lowest BCUT2D eigenvalue weighted by Gasteiger charge is -2.09.